The molecule has 0 atom stereocenters. The molecule has 0 aliphatic carbocycles. The Kier molecular flexibility index (Phi) is 7.09. The summed E-state index contributed by atoms with van der Waals surface area (Å²) in [6, 6.07) is 0. The predicted molar refractivity (Wildman–Crippen MR) is 84.5 cm³/mol. The van der Waals surface area contributed by atoms with E-state index in [2.05, 4.69) is 17.6 Å². The molecule has 1 rings (SSSR count). The fourth-order valence-corrected chi connectivity index (χ4v) is 4.32. The van der Waals surface area contributed by atoms with Crippen molar-refractivity contribution in [2.24, 2.45) is 5.41 Å². The summed E-state index contributed by atoms with van der Waals surface area (Å²) in [6.45, 7) is 8.41. The Morgan fingerprint density at radius 3 is 2.43 bits per heavy atom. The van der Waals surface area contributed by atoms with Crippen LogP contribution in [0.5, 0.6) is 0 Å². The molecule has 0 aromatic rings. The smallest absolute Gasteiger partial charge is 0.226 e. The highest BCUT2D eigenvalue weighted by Crippen LogP contribution is 2.20. The Morgan fingerprint density at radius 1 is 1.24 bits per heavy atom. The van der Waals surface area contributed by atoms with Crippen LogP contribution in [-0.4, -0.2) is 57.1 Å². The molecule has 0 unspecified atom stereocenters. The number of hydrogen-bond donors (Lipinski definition) is 2. The van der Waals surface area contributed by atoms with E-state index in [1.54, 1.807) is 13.8 Å². The van der Waals surface area contributed by atoms with Crippen molar-refractivity contribution in [1.29, 1.82) is 0 Å². The van der Waals surface area contributed by atoms with E-state index in [1.807, 2.05) is 0 Å². The van der Waals surface area contributed by atoms with E-state index in [1.165, 1.54) is 4.31 Å². The maximum atomic E-state index is 12.4. The first-order valence-electron chi connectivity index (χ1n) is 7.76. The largest absolute Gasteiger partial charge is 0.356 e. The SMILES string of the molecule is CCCCCNC(=O)C(C)(C)CS(=O)(=O)N1CCNCC1. The van der Waals surface area contributed by atoms with Crippen LogP contribution < -0.4 is 10.6 Å². The summed E-state index contributed by atoms with van der Waals surface area (Å²) in [6.07, 6.45) is 3.10. The number of piperazine rings is 1. The van der Waals surface area contributed by atoms with E-state index in [0.29, 0.717) is 32.7 Å². The number of rotatable bonds is 8. The first-order valence-corrected chi connectivity index (χ1v) is 9.37. The Balaban J connectivity index is 2.54. The van der Waals surface area contributed by atoms with Gasteiger partial charge in [-0.1, -0.05) is 19.8 Å². The van der Waals surface area contributed by atoms with Gasteiger partial charge in [0, 0.05) is 32.7 Å². The molecule has 6 nitrogen and oxygen atoms in total. The number of sulfonamides is 1. The molecule has 21 heavy (non-hydrogen) atoms. The van der Waals surface area contributed by atoms with Gasteiger partial charge in [0.25, 0.3) is 0 Å². The fourth-order valence-electron chi connectivity index (χ4n) is 2.35. The normalized spacial score (nSPS) is 17.7. The van der Waals surface area contributed by atoms with E-state index < -0.39 is 15.4 Å². The van der Waals surface area contributed by atoms with E-state index in [9.17, 15) is 13.2 Å². The molecule has 2 N–H and O–H groups in total. The lowest BCUT2D eigenvalue weighted by Gasteiger charge is -2.30. The standard InChI is InChI=1S/C14H29N3O3S/c1-4-5-6-7-16-13(18)14(2,3)12-21(19,20)17-10-8-15-9-11-17/h15H,4-12H2,1-3H3,(H,16,18). The summed E-state index contributed by atoms with van der Waals surface area (Å²) in [5.74, 6) is -0.322. The monoisotopic (exact) mass is 319 g/mol. The summed E-state index contributed by atoms with van der Waals surface area (Å²) in [5, 5.41) is 5.98. The molecule has 7 heteroatoms. The van der Waals surface area contributed by atoms with Crippen LogP contribution in [0.15, 0.2) is 0 Å². The van der Waals surface area contributed by atoms with Crippen LogP contribution in [-0.2, 0) is 14.8 Å². The van der Waals surface area contributed by atoms with Gasteiger partial charge in [-0.3, -0.25) is 4.79 Å². The number of nitrogens with zero attached hydrogens (tertiary/aromatic N) is 1. The van der Waals surface area contributed by atoms with Gasteiger partial charge >= 0.3 is 0 Å². The lowest BCUT2D eigenvalue weighted by atomic mass is 9.95. The molecule has 0 bridgehead atoms. The van der Waals surface area contributed by atoms with Crippen LogP contribution >= 0.6 is 0 Å². The van der Waals surface area contributed by atoms with E-state index in [-0.39, 0.29) is 11.7 Å². The summed E-state index contributed by atoms with van der Waals surface area (Å²) < 4.78 is 26.3. The number of carbonyl (C=O) groups excluding carboxylic acids is 1. The molecule has 1 heterocycles. The fraction of sp³-hybridized carbons (Fsp3) is 0.929. The summed E-state index contributed by atoms with van der Waals surface area (Å²) >= 11 is 0. The maximum Gasteiger partial charge on any atom is 0.226 e. The third-order valence-corrected chi connectivity index (χ3v) is 5.93. The molecular weight excluding hydrogens is 290 g/mol. The van der Waals surface area contributed by atoms with Crippen LogP contribution in [0, 0.1) is 5.41 Å². The van der Waals surface area contributed by atoms with Crippen molar-refractivity contribution in [3.8, 4) is 0 Å². The Hall–Kier alpha value is -0.660. The van der Waals surface area contributed by atoms with E-state index in [4.69, 9.17) is 0 Å². The molecule has 1 aliphatic heterocycles. The van der Waals surface area contributed by atoms with Crippen molar-refractivity contribution in [1.82, 2.24) is 14.9 Å². The summed E-state index contributed by atoms with van der Waals surface area (Å²) in [7, 11) is -3.39. The predicted octanol–water partition coefficient (Wildman–Crippen LogP) is 0.554. The minimum absolute atomic E-state index is 0.139. The van der Waals surface area contributed by atoms with Crippen molar-refractivity contribution in [2.75, 3.05) is 38.5 Å². The van der Waals surface area contributed by atoms with Crippen LogP contribution in [0.1, 0.15) is 40.0 Å². The second-order valence-electron chi connectivity index (χ2n) is 6.25. The molecule has 1 saturated heterocycles. The van der Waals surface area contributed by atoms with E-state index >= 15 is 0 Å². The van der Waals surface area contributed by atoms with Gasteiger partial charge in [-0.25, -0.2) is 8.42 Å². The second kappa shape index (κ2) is 8.10. The number of hydrogen-bond acceptors (Lipinski definition) is 4. The molecule has 1 amide bonds. The quantitative estimate of drug-likeness (QED) is 0.641. The number of nitrogens with one attached hydrogen (secondary N) is 2. The molecule has 124 valence electrons. The molecule has 0 radical (unpaired) electrons. The number of carbonyl (C=O) groups is 1. The maximum absolute atomic E-state index is 12.4. The van der Waals surface area contributed by atoms with Gasteiger partial charge in [-0.2, -0.15) is 4.31 Å². The third kappa shape index (κ3) is 5.92. The lowest BCUT2D eigenvalue weighted by Crippen LogP contribution is -2.50. The van der Waals surface area contributed by atoms with Crippen LogP contribution in [0.2, 0.25) is 0 Å². The highest BCUT2D eigenvalue weighted by molar-refractivity contribution is 7.89. The Labute approximate surface area is 128 Å². The van der Waals surface area contributed by atoms with Crippen LogP contribution in [0.4, 0.5) is 0 Å². The highest BCUT2D eigenvalue weighted by atomic mass is 32.2. The average Bonchev–Trinajstić information content (AvgIpc) is 2.43. The first-order chi connectivity index (χ1) is 9.79. The van der Waals surface area contributed by atoms with Crippen molar-refractivity contribution in [3.05, 3.63) is 0 Å². The molecule has 1 fully saturated rings. The molecule has 0 saturated carbocycles. The molecule has 0 aromatic carbocycles. The minimum atomic E-state index is -3.39. The highest BCUT2D eigenvalue weighted by Gasteiger charge is 2.36. The van der Waals surface area contributed by atoms with E-state index in [0.717, 1.165) is 19.3 Å². The molecule has 1 aliphatic rings. The summed E-state index contributed by atoms with van der Waals surface area (Å²) in [4.78, 5) is 12.2. The van der Waals surface area contributed by atoms with Crippen LogP contribution in [0.25, 0.3) is 0 Å². The van der Waals surface area contributed by atoms with Crippen molar-refractivity contribution >= 4 is 15.9 Å². The third-order valence-electron chi connectivity index (χ3n) is 3.69. The Bertz CT molecular complexity index is 429. The topological polar surface area (TPSA) is 78.5 Å². The second-order valence-corrected chi connectivity index (χ2v) is 8.22. The van der Waals surface area contributed by atoms with Gasteiger partial charge in [-0.15, -0.1) is 0 Å². The van der Waals surface area contributed by atoms with Crippen molar-refractivity contribution in [2.45, 2.75) is 40.0 Å². The van der Waals surface area contributed by atoms with Gasteiger partial charge in [0.2, 0.25) is 15.9 Å². The Morgan fingerprint density at radius 2 is 1.86 bits per heavy atom. The molecule has 0 spiro atoms. The number of unbranched alkanes of at least 4 members (excludes halogenated alkanes) is 2. The first kappa shape index (κ1) is 18.4. The van der Waals surface area contributed by atoms with Crippen molar-refractivity contribution < 1.29 is 13.2 Å². The zero-order valence-corrected chi connectivity index (χ0v) is 14.3. The molecular formula is C14H29N3O3S. The van der Waals surface area contributed by atoms with Gasteiger partial charge < -0.3 is 10.6 Å². The lowest BCUT2D eigenvalue weighted by molar-refractivity contribution is -0.128. The van der Waals surface area contributed by atoms with Gasteiger partial charge in [0.15, 0.2) is 0 Å². The average molecular weight is 319 g/mol. The van der Waals surface area contributed by atoms with Crippen molar-refractivity contribution in [3.63, 3.8) is 0 Å². The van der Waals surface area contributed by atoms with Crippen LogP contribution in [0.3, 0.4) is 0 Å². The zero-order chi connectivity index (χ0) is 15.9. The van der Waals surface area contributed by atoms with Gasteiger partial charge in [0.05, 0.1) is 11.2 Å². The minimum Gasteiger partial charge on any atom is -0.356 e. The summed E-state index contributed by atoms with van der Waals surface area (Å²) in [5.41, 5.74) is -0.907. The van der Waals surface area contributed by atoms with Gasteiger partial charge in [-0.05, 0) is 20.3 Å². The number of amides is 1. The van der Waals surface area contributed by atoms with Gasteiger partial charge in [0.1, 0.15) is 0 Å². The zero-order valence-electron chi connectivity index (χ0n) is 13.4. The molecule has 0 aromatic heterocycles.